The molecule has 0 amide bonds. The van der Waals surface area contributed by atoms with E-state index in [9.17, 15) is 13.5 Å². The maximum absolute atomic E-state index is 12.1. The van der Waals surface area contributed by atoms with E-state index in [0.717, 1.165) is 0 Å². The highest BCUT2D eigenvalue weighted by atomic mass is 32.2. The number of rotatable bonds is 3. The maximum Gasteiger partial charge on any atom is 0.240 e. The van der Waals surface area contributed by atoms with E-state index in [0.29, 0.717) is 0 Å². The smallest absolute Gasteiger partial charge is 0.240 e. The molecule has 6 heteroatoms. The van der Waals surface area contributed by atoms with Crippen LogP contribution < -0.4 is 10.5 Å². The van der Waals surface area contributed by atoms with Crippen LogP contribution in [0.5, 0.6) is 5.75 Å². The molecule has 5 nitrogen and oxygen atoms in total. The zero-order valence-electron chi connectivity index (χ0n) is 11.1. The normalized spacial score (nSPS) is 14.4. The van der Waals surface area contributed by atoms with E-state index in [2.05, 4.69) is 4.72 Å². The molecular formula is C12H20N2O3S. The number of hydrogen-bond donors (Lipinski definition) is 3. The van der Waals surface area contributed by atoms with Crippen LogP contribution in [-0.4, -0.2) is 19.6 Å². The van der Waals surface area contributed by atoms with E-state index in [4.69, 9.17) is 5.73 Å². The molecule has 0 saturated carbocycles. The fraction of sp³-hybridized carbons (Fsp3) is 0.500. The standard InChI is InChI=1S/C12H20N2O3S/c1-8(12(2,3)4)14-18(16,17)9-5-6-11(15)10(13)7-9/h5-8,14-15H,13H2,1-4H3. The van der Waals surface area contributed by atoms with Gasteiger partial charge in [0.05, 0.1) is 10.6 Å². The average molecular weight is 272 g/mol. The molecule has 0 aliphatic rings. The van der Waals surface area contributed by atoms with Gasteiger partial charge in [-0.2, -0.15) is 0 Å². The van der Waals surface area contributed by atoms with Gasteiger partial charge in [0.25, 0.3) is 0 Å². The highest BCUT2D eigenvalue weighted by Crippen LogP contribution is 2.25. The van der Waals surface area contributed by atoms with Crippen molar-refractivity contribution >= 4 is 15.7 Å². The molecule has 0 fully saturated rings. The predicted molar refractivity (Wildman–Crippen MR) is 71.8 cm³/mol. The van der Waals surface area contributed by atoms with Gasteiger partial charge in [-0.15, -0.1) is 0 Å². The van der Waals surface area contributed by atoms with E-state index < -0.39 is 10.0 Å². The van der Waals surface area contributed by atoms with Crippen LogP contribution in [0.15, 0.2) is 23.1 Å². The molecule has 4 N–H and O–H groups in total. The number of nitrogens with one attached hydrogen (secondary N) is 1. The quantitative estimate of drug-likeness (QED) is 0.576. The number of phenolic OH excluding ortho intramolecular Hbond substituents is 1. The Kier molecular flexibility index (Phi) is 3.92. The van der Waals surface area contributed by atoms with Crippen molar-refractivity contribution < 1.29 is 13.5 Å². The second kappa shape index (κ2) is 4.78. The van der Waals surface area contributed by atoms with E-state index in [1.807, 2.05) is 20.8 Å². The molecular weight excluding hydrogens is 252 g/mol. The Bertz CT molecular complexity index is 533. The summed E-state index contributed by atoms with van der Waals surface area (Å²) in [4.78, 5) is 0.0499. The van der Waals surface area contributed by atoms with Gasteiger partial charge in [0.2, 0.25) is 10.0 Å². The van der Waals surface area contributed by atoms with Crippen molar-refractivity contribution in [2.75, 3.05) is 5.73 Å². The zero-order valence-corrected chi connectivity index (χ0v) is 11.9. The van der Waals surface area contributed by atoms with Gasteiger partial charge in [-0.05, 0) is 30.5 Å². The fourth-order valence-electron chi connectivity index (χ4n) is 1.18. The molecule has 102 valence electrons. The number of nitrogen functional groups attached to an aromatic ring is 1. The van der Waals surface area contributed by atoms with Crippen molar-refractivity contribution in [2.45, 2.75) is 38.6 Å². The van der Waals surface area contributed by atoms with E-state index >= 15 is 0 Å². The molecule has 1 rings (SSSR count). The number of sulfonamides is 1. The molecule has 0 heterocycles. The first kappa shape index (κ1) is 14.8. The second-order valence-corrected chi connectivity index (χ2v) is 7.14. The second-order valence-electron chi connectivity index (χ2n) is 5.43. The highest BCUT2D eigenvalue weighted by molar-refractivity contribution is 7.89. The summed E-state index contributed by atoms with van der Waals surface area (Å²) in [5.41, 5.74) is 5.35. The summed E-state index contributed by atoms with van der Waals surface area (Å²) in [6.07, 6.45) is 0. The van der Waals surface area contributed by atoms with Crippen LogP contribution in [0.3, 0.4) is 0 Å². The van der Waals surface area contributed by atoms with Gasteiger partial charge < -0.3 is 10.8 Å². The average Bonchev–Trinajstić information content (AvgIpc) is 2.19. The van der Waals surface area contributed by atoms with Crippen molar-refractivity contribution in [1.29, 1.82) is 0 Å². The summed E-state index contributed by atoms with van der Waals surface area (Å²) in [5.74, 6) is -0.127. The minimum absolute atomic E-state index is 0.0429. The summed E-state index contributed by atoms with van der Waals surface area (Å²) >= 11 is 0. The number of hydrogen-bond acceptors (Lipinski definition) is 4. The van der Waals surface area contributed by atoms with Gasteiger partial charge in [-0.25, -0.2) is 13.1 Å². The van der Waals surface area contributed by atoms with Gasteiger partial charge in [0.1, 0.15) is 5.75 Å². The first-order chi connectivity index (χ1) is 8.04. The molecule has 0 aromatic heterocycles. The molecule has 1 aromatic rings. The molecule has 0 spiro atoms. The van der Waals surface area contributed by atoms with Crippen molar-refractivity contribution in [3.63, 3.8) is 0 Å². The Morgan fingerprint density at radius 2 is 1.89 bits per heavy atom. The molecule has 0 aliphatic heterocycles. The Balaban J connectivity index is 3.04. The van der Waals surface area contributed by atoms with Gasteiger partial charge >= 0.3 is 0 Å². The van der Waals surface area contributed by atoms with E-state index in [1.165, 1.54) is 18.2 Å². The SMILES string of the molecule is CC(NS(=O)(=O)c1ccc(O)c(N)c1)C(C)(C)C. The lowest BCUT2D eigenvalue weighted by molar-refractivity contribution is 0.317. The molecule has 1 aromatic carbocycles. The van der Waals surface area contributed by atoms with Crippen LogP contribution in [0.1, 0.15) is 27.7 Å². The molecule has 0 bridgehead atoms. The topological polar surface area (TPSA) is 92.4 Å². The number of benzene rings is 1. The third kappa shape index (κ3) is 3.36. The Labute approximate surface area is 108 Å². The summed E-state index contributed by atoms with van der Waals surface area (Å²) in [6, 6.07) is 3.61. The first-order valence-electron chi connectivity index (χ1n) is 5.65. The minimum Gasteiger partial charge on any atom is -0.506 e. The lowest BCUT2D eigenvalue weighted by atomic mass is 9.89. The number of anilines is 1. The zero-order chi connectivity index (χ0) is 14.1. The first-order valence-corrected chi connectivity index (χ1v) is 7.13. The van der Waals surface area contributed by atoms with Gasteiger partial charge in [-0.3, -0.25) is 0 Å². The van der Waals surface area contributed by atoms with Crippen LogP contribution >= 0.6 is 0 Å². The number of phenols is 1. The van der Waals surface area contributed by atoms with E-state index in [-0.39, 0.29) is 27.8 Å². The van der Waals surface area contributed by atoms with Crippen LogP contribution in [0.25, 0.3) is 0 Å². The lowest BCUT2D eigenvalue weighted by Gasteiger charge is -2.27. The largest absolute Gasteiger partial charge is 0.506 e. The Hall–Kier alpha value is -1.27. The number of aromatic hydroxyl groups is 1. The third-order valence-electron chi connectivity index (χ3n) is 2.94. The van der Waals surface area contributed by atoms with Crippen molar-refractivity contribution in [3.8, 4) is 5.75 Å². The lowest BCUT2D eigenvalue weighted by Crippen LogP contribution is -2.41. The highest BCUT2D eigenvalue weighted by Gasteiger charge is 2.26. The molecule has 0 radical (unpaired) electrons. The van der Waals surface area contributed by atoms with Crippen LogP contribution in [-0.2, 0) is 10.0 Å². The monoisotopic (exact) mass is 272 g/mol. The summed E-state index contributed by atoms with van der Waals surface area (Å²) in [6.45, 7) is 7.66. The molecule has 18 heavy (non-hydrogen) atoms. The van der Waals surface area contributed by atoms with E-state index in [1.54, 1.807) is 6.92 Å². The molecule has 1 atom stereocenters. The summed E-state index contributed by atoms with van der Waals surface area (Å²) in [5, 5.41) is 9.28. The molecule has 0 aliphatic carbocycles. The van der Waals surface area contributed by atoms with Gasteiger partial charge in [0.15, 0.2) is 0 Å². The Morgan fingerprint density at radius 3 is 2.33 bits per heavy atom. The third-order valence-corrected chi connectivity index (χ3v) is 4.48. The van der Waals surface area contributed by atoms with Crippen LogP contribution in [0.4, 0.5) is 5.69 Å². The van der Waals surface area contributed by atoms with Crippen LogP contribution in [0, 0.1) is 5.41 Å². The molecule has 0 saturated heterocycles. The molecule has 1 unspecified atom stereocenters. The summed E-state index contributed by atoms with van der Waals surface area (Å²) in [7, 11) is -3.62. The summed E-state index contributed by atoms with van der Waals surface area (Å²) < 4.78 is 26.8. The maximum atomic E-state index is 12.1. The predicted octanol–water partition coefficient (Wildman–Crippen LogP) is 1.69. The van der Waals surface area contributed by atoms with Crippen LogP contribution in [0.2, 0.25) is 0 Å². The van der Waals surface area contributed by atoms with Crippen molar-refractivity contribution in [1.82, 2.24) is 4.72 Å². The Morgan fingerprint density at radius 1 is 1.33 bits per heavy atom. The minimum atomic E-state index is -3.62. The van der Waals surface area contributed by atoms with Crippen molar-refractivity contribution in [2.24, 2.45) is 5.41 Å². The number of nitrogens with two attached hydrogens (primary N) is 1. The van der Waals surface area contributed by atoms with Gasteiger partial charge in [0, 0.05) is 6.04 Å². The fourth-order valence-corrected chi connectivity index (χ4v) is 2.66. The van der Waals surface area contributed by atoms with Gasteiger partial charge in [-0.1, -0.05) is 20.8 Å². The van der Waals surface area contributed by atoms with Crippen molar-refractivity contribution in [3.05, 3.63) is 18.2 Å².